The van der Waals surface area contributed by atoms with E-state index in [9.17, 15) is 0 Å². The molecular weight excluding hydrogens is 220 g/mol. The van der Waals surface area contributed by atoms with Gasteiger partial charge in [0.25, 0.3) is 0 Å². The van der Waals surface area contributed by atoms with E-state index < -0.39 is 0 Å². The maximum Gasteiger partial charge on any atom is 0.110 e. The van der Waals surface area contributed by atoms with E-state index in [-0.39, 0.29) is 0 Å². The van der Waals surface area contributed by atoms with Crippen LogP contribution in [0.15, 0.2) is 34.9 Å². The standard InChI is InChI=1S/C17H26O/c1-6-7-9-13(3)15-16(18-15)14-12(2)10-8-11-17(14,4)5/h6-7,9,15-16H,8,10-11H2,1-5H3. The molecule has 100 valence electrons. The highest BCUT2D eigenvalue weighted by Gasteiger charge is 2.48. The van der Waals surface area contributed by atoms with Crippen LogP contribution in [0.25, 0.3) is 0 Å². The predicted octanol–water partition coefficient (Wildman–Crippen LogP) is 4.80. The molecule has 0 spiro atoms. The zero-order chi connectivity index (χ0) is 13.3. The van der Waals surface area contributed by atoms with Crippen LogP contribution in [-0.2, 0) is 4.74 Å². The highest BCUT2D eigenvalue weighted by atomic mass is 16.6. The smallest absolute Gasteiger partial charge is 0.110 e. The molecule has 0 radical (unpaired) electrons. The molecule has 0 aromatic carbocycles. The van der Waals surface area contributed by atoms with Gasteiger partial charge in [-0.15, -0.1) is 0 Å². The first kappa shape index (κ1) is 13.6. The Labute approximate surface area is 112 Å². The van der Waals surface area contributed by atoms with E-state index in [0.29, 0.717) is 17.6 Å². The van der Waals surface area contributed by atoms with Crippen molar-refractivity contribution in [3.63, 3.8) is 0 Å². The van der Waals surface area contributed by atoms with E-state index in [1.54, 1.807) is 11.1 Å². The van der Waals surface area contributed by atoms with Gasteiger partial charge in [-0.1, -0.05) is 37.6 Å². The van der Waals surface area contributed by atoms with Crippen LogP contribution in [-0.4, -0.2) is 12.2 Å². The summed E-state index contributed by atoms with van der Waals surface area (Å²) in [5.74, 6) is 0. The van der Waals surface area contributed by atoms with E-state index in [1.807, 2.05) is 6.92 Å². The minimum absolute atomic E-state index is 0.322. The third-order valence-corrected chi connectivity index (χ3v) is 4.32. The molecule has 1 heterocycles. The lowest BCUT2D eigenvalue weighted by molar-refractivity contribution is 0.317. The third-order valence-electron chi connectivity index (χ3n) is 4.32. The SMILES string of the molecule is CC=CC=C(C)C1OC1C1=C(C)CCCC1(C)C. The summed E-state index contributed by atoms with van der Waals surface area (Å²) in [4.78, 5) is 0. The van der Waals surface area contributed by atoms with Gasteiger partial charge < -0.3 is 4.74 Å². The van der Waals surface area contributed by atoms with E-state index in [1.165, 1.54) is 24.8 Å². The Morgan fingerprint density at radius 1 is 1.39 bits per heavy atom. The fourth-order valence-corrected chi connectivity index (χ4v) is 3.29. The second kappa shape index (κ2) is 5.05. The maximum absolute atomic E-state index is 5.96. The molecule has 2 atom stereocenters. The number of hydrogen-bond acceptors (Lipinski definition) is 1. The fourth-order valence-electron chi connectivity index (χ4n) is 3.29. The molecule has 1 fully saturated rings. The summed E-state index contributed by atoms with van der Waals surface area (Å²) in [7, 11) is 0. The first-order valence-corrected chi connectivity index (χ1v) is 7.12. The largest absolute Gasteiger partial charge is 0.360 e. The molecule has 0 aromatic rings. The van der Waals surface area contributed by atoms with Crippen molar-refractivity contribution in [2.75, 3.05) is 0 Å². The zero-order valence-electron chi connectivity index (χ0n) is 12.4. The van der Waals surface area contributed by atoms with Gasteiger partial charge in [-0.2, -0.15) is 0 Å². The van der Waals surface area contributed by atoms with Gasteiger partial charge in [-0.25, -0.2) is 0 Å². The Morgan fingerprint density at radius 3 is 2.72 bits per heavy atom. The maximum atomic E-state index is 5.96. The molecule has 2 rings (SSSR count). The lowest BCUT2D eigenvalue weighted by Crippen LogP contribution is -2.24. The van der Waals surface area contributed by atoms with E-state index in [0.717, 1.165) is 0 Å². The third kappa shape index (κ3) is 2.61. The fraction of sp³-hybridized carbons (Fsp3) is 0.647. The Bertz CT molecular complexity index is 409. The molecular formula is C17H26O. The summed E-state index contributed by atoms with van der Waals surface area (Å²) in [6, 6.07) is 0. The van der Waals surface area contributed by atoms with Gasteiger partial charge in [0.15, 0.2) is 0 Å². The first-order chi connectivity index (χ1) is 8.47. The van der Waals surface area contributed by atoms with Crippen LogP contribution in [0.4, 0.5) is 0 Å². The monoisotopic (exact) mass is 246 g/mol. The van der Waals surface area contributed by atoms with Crippen LogP contribution in [0.1, 0.15) is 53.9 Å². The molecule has 1 saturated heterocycles. The average molecular weight is 246 g/mol. The first-order valence-electron chi connectivity index (χ1n) is 7.12. The lowest BCUT2D eigenvalue weighted by atomic mass is 9.71. The Balaban J connectivity index is 2.15. The number of ether oxygens (including phenoxy) is 1. The van der Waals surface area contributed by atoms with Crippen molar-refractivity contribution >= 4 is 0 Å². The summed E-state index contributed by atoms with van der Waals surface area (Å²) < 4.78 is 5.96. The summed E-state index contributed by atoms with van der Waals surface area (Å²) in [5.41, 5.74) is 4.81. The summed E-state index contributed by atoms with van der Waals surface area (Å²) in [5, 5.41) is 0. The molecule has 0 saturated carbocycles. The molecule has 1 heteroatoms. The van der Waals surface area contributed by atoms with Crippen LogP contribution in [0.5, 0.6) is 0 Å². The Morgan fingerprint density at radius 2 is 2.11 bits per heavy atom. The predicted molar refractivity (Wildman–Crippen MR) is 77.6 cm³/mol. The number of epoxide rings is 1. The van der Waals surface area contributed by atoms with Gasteiger partial charge in [0.1, 0.15) is 12.2 Å². The highest BCUT2D eigenvalue weighted by molar-refractivity contribution is 5.35. The number of hydrogen-bond donors (Lipinski definition) is 0. The molecule has 0 aromatic heterocycles. The topological polar surface area (TPSA) is 12.5 Å². The minimum atomic E-state index is 0.322. The van der Waals surface area contributed by atoms with Gasteiger partial charge in [0.2, 0.25) is 0 Å². The number of allylic oxidation sites excluding steroid dienone is 4. The summed E-state index contributed by atoms with van der Waals surface area (Å²) in [6.07, 6.45) is 10.9. The second-order valence-electron chi connectivity index (χ2n) is 6.35. The van der Waals surface area contributed by atoms with Gasteiger partial charge in [0.05, 0.1) is 0 Å². The van der Waals surface area contributed by atoms with Crippen LogP contribution in [0, 0.1) is 5.41 Å². The second-order valence-corrected chi connectivity index (χ2v) is 6.35. The van der Waals surface area contributed by atoms with E-state index in [2.05, 4.69) is 45.9 Å². The van der Waals surface area contributed by atoms with Gasteiger partial charge in [-0.3, -0.25) is 0 Å². The minimum Gasteiger partial charge on any atom is -0.360 e. The lowest BCUT2D eigenvalue weighted by Gasteiger charge is -2.34. The van der Waals surface area contributed by atoms with Crippen molar-refractivity contribution in [2.45, 2.75) is 66.1 Å². The summed E-state index contributed by atoms with van der Waals surface area (Å²) in [6.45, 7) is 11.3. The average Bonchev–Trinajstić information content (AvgIpc) is 3.04. The molecule has 0 amide bonds. The van der Waals surface area contributed by atoms with Crippen molar-refractivity contribution < 1.29 is 4.74 Å². The molecule has 18 heavy (non-hydrogen) atoms. The van der Waals surface area contributed by atoms with Gasteiger partial charge in [-0.05, 0) is 56.6 Å². The molecule has 1 aliphatic heterocycles. The van der Waals surface area contributed by atoms with Crippen LogP contribution >= 0.6 is 0 Å². The van der Waals surface area contributed by atoms with Crippen molar-refractivity contribution in [1.29, 1.82) is 0 Å². The normalized spacial score (nSPS) is 32.2. The Kier molecular flexibility index (Phi) is 3.82. The molecule has 1 nitrogen and oxygen atoms in total. The molecule has 2 unspecified atom stereocenters. The van der Waals surface area contributed by atoms with Crippen molar-refractivity contribution in [1.82, 2.24) is 0 Å². The van der Waals surface area contributed by atoms with E-state index in [4.69, 9.17) is 4.74 Å². The molecule has 0 N–H and O–H groups in total. The van der Waals surface area contributed by atoms with Gasteiger partial charge >= 0.3 is 0 Å². The quantitative estimate of drug-likeness (QED) is 0.396. The van der Waals surface area contributed by atoms with Crippen LogP contribution in [0.2, 0.25) is 0 Å². The van der Waals surface area contributed by atoms with Crippen molar-refractivity contribution in [3.8, 4) is 0 Å². The number of rotatable bonds is 3. The van der Waals surface area contributed by atoms with Crippen LogP contribution < -0.4 is 0 Å². The van der Waals surface area contributed by atoms with E-state index >= 15 is 0 Å². The zero-order valence-corrected chi connectivity index (χ0v) is 12.4. The van der Waals surface area contributed by atoms with Crippen molar-refractivity contribution in [2.24, 2.45) is 5.41 Å². The molecule has 1 aliphatic carbocycles. The van der Waals surface area contributed by atoms with Gasteiger partial charge in [0, 0.05) is 0 Å². The summed E-state index contributed by atoms with van der Waals surface area (Å²) >= 11 is 0. The molecule has 2 aliphatic rings. The molecule has 0 bridgehead atoms. The van der Waals surface area contributed by atoms with Crippen molar-refractivity contribution in [3.05, 3.63) is 34.9 Å². The highest BCUT2D eigenvalue weighted by Crippen LogP contribution is 2.49. The van der Waals surface area contributed by atoms with Crippen LogP contribution in [0.3, 0.4) is 0 Å². The Hall–Kier alpha value is -0.820.